The van der Waals surface area contributed by atoms with Crippen molar-refractivity contribution in [1.82, 2.24) is 9.97 Å². The standard InChI is InChI=1S/C21H16N2O/c1-3-10-18-14(6-1)12-16-8-5-9-17-21(16)23-20(22-17)13-15-7-2-4-11-19(15)24-18/h1-11H,12-13H2,(H,22,23). The summed E-state index contributed by atoms with van der Waals surface area (Å²) in [6.07, 6.45) is 1.53. The third-order valence-corrected chi connectivity index (χ3v) is 4.55. The summed E-state index contributed by atoms with van der Waals surface area (Å²) in [5.41, 5.74) is 5.68. The summed E-state index contributed by atoms with van der Waals surface area (Å²) in [6.45, 7) is 0. The first kappa shape index (κ1) is 13.4. The molecule has 0 atom stereocenters. The number of ether oxygens (including phenoxy) is 1. The molecule has 0 saturated carbocycles. The smallest absolute Gasteiger partial charge is 0.131 e. The van der Waals surface area contributed by atoms with Crippen molar-refractivity contribution in [2.75, 3.05) is 0 Å². The number of imidazole rings is 1. The minimum Gasteiger partial charge on any atom is -0.457 e. The average Bonchev–Trinajstić information content (AvgIpc) is 3.00. The van der Waals surface area contributed by atoms with Crippen molar-refractivity contribution in [2.45, 2.75) is 12.8 Å². The predicted octanol–water partition coefficient (Wildman–Crippen LogP) is 4.85. The summed E-state index contributed by atoms with van der Waals surface area (Å²) < 4.78 is 6.27. The Hall–Kier alpha value is -3.07. The molecule has 0 amide bonds. The number of fused-ring (bicyclic) bond motifs is 3. The number of hydrogen-bond donors (Lipinski definition) is 1. The number of rotatable bonds is 0. The van der Waals surface area contributed by atoms with Crippen LogP contribution in [-0.2, 0) is 12.8 Å². The molecule has 3 aromatic carbocycles. The number of aromatic amines is 1. The van der Waals surface area contributed by atoms with E-state index in [4.69, 9.17) is 9.72 Å². The lowest BCUT2D eigenvalue weighted by Gasteiger charge is -2.14. The monoisotopic (exact) mass is 312 g/mol. The molecule has 3 nitrogen and oxygen atoms in total. The van der Waals surface area contributed by atoms with Crippen molar-refractivity contribution < 1.29 is 4.74 Å². The SMILES string of the molecule is c1ccc2c(c1)Cc1nc3c(cccc3[nH]1)Cc1ccccc1O2. The van der Waals surface area contributed by atoms with Crippen molar-refractivity contribution in [1.29, 1.82) is 0 Å². The van der Waals surface area contributed by atoms with E-state index in [9.17, 15) is 0 Å². The highest BCUT2D eigenvalue weighted by Crippen LogP contribution is 2.32. The molecule has 0 aliphatic carbocycles. The Kier molecular flexibility index (Phi) is 2.92. The average molecular weight is 312 g/mol. The highest BCUT2D eigenvalue weighted by Gasteiger charge is 2.15. The minimum atomic E-state index is 0.729. The molecule has 0 radical (unpaired) electrons. The van der Waals surface area contributed by atoms with E-state index in [1.807, 2.05) is 30.3 Å². The molecule has 3 heteroatoms. The number of benzene rings is 3. The Morgan fingerprint density at radius 2 is 1.38 bits per heavy atom. The molecule has 1 aromatic heterocycles. The van der Waals surface area contributed by atoms with Crippen LogP contribution in [0.15, 0.2) is 66.7 Å². The zero-order valence-electron chi connectivity index (χ0n) is 13.1. The summed E-state index contributed by atoms with van der Waals surface area (Å²) in [5, 5.41) is 0. The third kappa shape index (κ3) is 2.17. The molecule has 1 N–H and O–H groups in total. The van der Waals surface area contributed by atoms with Gasteiger partial charge in [-0.2, -0.15) is 0 Å². The van der Waals surface area contributed by atoms with Gasteiger partial charge in [0.1, 0.15) is 17.3 Å². The van der Waals surface area contributed by atoms with Crippen LogP contribution in [0.2, 0.25) is 0 Å². The Morgan fingerprint density at radius 1 is 0.708 bits per heavy atom. The van der Waals surface area contributed by atoms with E-state index in [1.165, 1.54) is 11.1 Å². The van der Waals surface area contributed by atoms with Crippen LogP contribution in [0.3, 0.4) is 0 Å². The maximum Gasteiger partial charge on any atom is 0.131 e. The third-order valence-electron chi connectivity index (χ3n) is 4.55. The maximum absolute atomic E-state index is 6.27. The highest BCUT2D eigenvalue weighted by molar-refractivity contribution is 5.79. The molecular weight excluding hydrogens is 296 g/mol. The molecule has 0 fully saturated rings. The molecule has 4 aromatic rings. The Bertz CT molecular complexity index is 1050. The first-order valence-electron chi connectivity index (χ1n) is 8.17. The fourth-order valence-corrected chi connectivity index (χ4v) is 3.37. The van der Waals surface area contributed by atoms with E-state index in [2.05, 4.69) is 41.4 Å². The first-order chi connectivity index (χ1) is 11.9. The van der Waals surface area contributed by atoms with Crippen molar-refractivity contribution in [3.05, 3.63) is 89.2 Å². The topological polar surface area (TPSA) is 37.9 Å². The first-order valence-corrected chi connectivity index (χ1v) is 8.17. The van der Waals surface area contributed by atoms with Crippen LogP contribution in [-0.4, -0.2) is 9.97 Å². The lowest BCUT2D eigenvalue weighted by Crippen LogP contribution is -1.97. The highest BCUT2D eigenvalue weighted by atomic mass is 16.5. The molecule has 5 rings (SSSR count). The summed E-state index contributed by atoms with van der Waals surface area (Å²) in [5.74, 6) is 2.78. The van der Waals surface area contributed by atoms with Crippen molar-refractivity contribution in [3.63, 3.8) is 0 Å². The van der Waals surface area contributed by atoms with Gasteiger partial charge in [-0.05, 0) is 29.3 Å². The van der Waals surface area contributed by atoms with Gasteiger partial charge < -0.3 is 9.72 Å². The van der Waals surface area contributed by atoms with Crippen LogP contribution in [0.4, 0.5) is 0 Å². The van der Waals surface area contributed by atoms with Gasteiger partial charge in [-0.1, -0.05) is 48.5 Å². The second kappa shape index (κ2) is 5.24. The molecule has 0 saturated heterocycles. The number of hydrogen-bond acceptors (Lipinski definition) is 2. The van der Waals surface area contributed by atoms with Gasteiger partial charge >= 0.3 is 0 Å². The van der Waals surface area contributed by atoms with Crippen LogP contribution >= 0.6 is 0 Å². The second-order valence-corrected chi connectivity index (χ2v) is 6.17. The molecule has 0 unspecified atom stereocenters. The van der Waals surface area contributed by atoms with Gasteiger partial charge in [0, 0.05) is 18.4 Å². The Balaban J connectivity index is 1.79. The van der Waals surface area contributed by atoms with Gasteiger partial charge in [0.25, 0.3) is 0 Å². The molecule has 24 heavy (non-hydrogen) atoms. The number of H-pyrrole nitrogens is 1. The van der Waals surface area contributed by atoms with E-state index in [0.29, 0.717) is 0 Å². The van der Waals surface area contributed by atoms with Gasteiger partial charge in [-0.3, -0.25) is 0 Å². The Labute approximate surface area is 139 Å². The Morgan fingerprint density at radius 3 is 2.17 bits per heavy atom. The zero-order chi connectivity index (χ0) is 15.9. The number of aromatic nitrogens is 2. The maximum atomic E-state index is 6.27. The van der Waals surface area contributed by atoms with Crippen LogP contribution in [0, 0.1) is 0 Å². The van der Waals surface area contributed by atoms with E-state index < -0.39 is 0 Å². The normalized spacial score (nSPS) is 13.0. The van der Waals surface area contributed by atoms with Crippen molar-refractivity contribution in [2.24, 2.45) is 0 Å². The largest absolute Gasteiger partial charge is 0.457 e. The fraction of sp³-hybridized carbons (Fsp3) is 0.0952. The minimum absolute atomic E-state index is 0.729. The summed E-state index contributed by atoms with van der Waals surface area (Å²) in [6, 6.07) is 22.8. The molecule has 116 valence electrons. The lowest BCUT2D eigenvalue weighted by molar-refractivity contribution is 0.472. The number of nitrogens with zero attached hydrogens (tertiary/aromatic N) is 1. The molecule has 1 aliphatic rings. The predicted molar refractivity (Wildman–Crippen MR) is 94.7 cm³/mol. The second-order valence-electron chi connectivity index (χ2n) is 6.17. The van der Waals surface area contributed by atoms with E-state index in [-0.39, 0.29) is 0 Å². The quantitative estimate of drug-likeness (QED) is 0.444. The van der Waals surface area contributed by atoms with Crippen LogP contribution in [0.25, 0.3) is 11.0 Å². The van der Waals surface area contributed by atoms with Gasteiger partial charge in [0.05, 0.1) is 11.0 Å². The molecule has 2 bridgehead atoms. The van der Waals surface area contributed by atoms with Crippen LogP contribution in [0.5, 0.6) is 11.5 Å². The van der Waals surface area contributed by atoms with E-state index in [0.717, 1.165) is 46.8 Å². The summed E-state index contributed by atoms with van der Waals surface area (Å²) in [7, 11) is 0. The fourth-order valence-electron chi connectivity index (χ4n) is 3.37. The van der Waals surface area contributed by atoms with Gasteiger partial charge in [0.15, 0.2) is 0 Å². The number of para-hydroxylation sites is 3. The zero-order valence-corrected chi connectivity index (χ0v) is 13.1. The van der Waals surface area contributed by atoms with Gasteiger partial charge in [-0.25, -0.2) is 4.98 Å². The molecule has 2 heterocycles. The van der Waals surface area contributed by atoms with Crippen LogP contribution < -0.4 is 4.74 Å². The summed E-state index contributed by atoms with van der Waals surface area (Å²) >= 11 is 0. The molecule has 1 aliphatic heterocycles. The lowest BCUT2D eigenvalue weighted by atomic mass is 10.0. The van der Waals surface area contributed by atoms with Gasteiger partial charge in [-0.15, -0.1) is 0 Å². The summed E-state index contributed by atoms with van der Waals surface area (Å²) in [4.78, 5) is 8.31. The van der Waals surface area contributed by atoms with Crippen molar-refractivity contribution >= 4 is 11.0 Å². The molecular formula is C21H16N2O. The number of nitrogens with one attached hydrogen (secondary N) is 1. The molecule has 0 spiro atoms. The van der Waals surface area contributed by atoms with Crippen LogP contribution in [0.1, 0.15) is 22.5 Å². The van der Waals surface area contributed by atoms with Crippen molar-refractivity contribution in [3.8, 4) is 11.5 Å². The van der Waals surface area contributed by atoms with E-state index in [1.54, 1.807) is 0 Å². The van der Waals surface area contributed by atoms with Gasteiger partial charge in [0.2, 0.25) is 0 Å². The van der Waals surface area contributed by atoms with E-state index >= 15 is 0 Å².